The average molecular weight is 401 g/mol. The van der Waals surface area contributed by atoms with E-state index in [9.17, 15) is 14.9 Å². The van der Waals surface area contributed by atoms with Crippen LogP contribution in [0.15, 0.2) is 42.6 Å². The molecule has 1 aliphatic rings. The van der Waals surface area contributed by atoms with E-state index in [1.165, 1.54) is 18.3 Å². The number of pyridine rings is 1. The lowest BCUT2D eigenvalue weighted by Gasteiger charge is -2.36. The van der Waals surface area contributed by atoms with Crippen LogP contribution in [0, 0.1) is 10.1 Å². The van der Waals surface area contributed by atoms with Crippen LogP contribution in [0.25, 0.3) is 0 Å². The summed E-state index contributed by atoms with van der Waals surface area (Å²) in [4.78, 5) is 27.9. The number of rotatable bonds is 8. The number of amides is 1. The number of anilines is 1. The second kappa shape index (κ2) is 9.44. The van der Waals surface area contributed by atoms with Gasteiger partial charge in [0, 0.05) is 38.5 Å². The third-order valence-electron chi connectivity index (χ3n) is 4.94. The number of carbonyl (C=O) groups is 1. The summed E-state index contributed by atoms with van der Waals surface area (Å²) in [6.07, 6.45) is 2.51. The van der Waals surface area contributed by atoms with E-state index in [-0.39, 0.29) is 11.6 Å². The molecule has 0 spiro atoms. The molecule has 1 fully saturated rings. The van der Waals surface area contributed by atoms with E-state index in [1.807, 2.05) is 0 Å². The molecule has 0 aliphatic carbocycles. The van der Waals surface area contributed by atoms with Crippen LogP contribution >= 0.6 is 0 Å². The van der Waals surface area contributed by atoms with Gasteiger partial charge in [-0.2, -0.15) is 0 Å². The van der Waals surface area contributed by atoms with Crippen molar-refractivity contribution in [1.82, 2.24) is 4.98 Å². The number of hydrogen-bond donors (Lipinski definition) is 1. The van der Waals surface area contributed by atoms with Crippen molar-refractivity contribution < 1.29 is 23.9 Å². The monoisotopic (exact) mass is 401 g/mol. The van der Waals surface area contributed by atoms with Crippen molar-refractivity contribution in [2.45, 2.75) is 18.3 Å². The molecule has 3 rings (SSSR count). The van der Waals surface area contributed by atoms with Crippen LogP contribution in [0.4, 0.5) is 11.4 Å². The minimum Gasteiger partial charge on any atom is -0.475 e. The number of nitro groups is 1. The summed E-state index contributed by atoms with van der Waals surface area (Å²) < 4.78 is 15.8. The third kappa shape index (κ3) is 4.87. The van der Waals surface area contributed by atoms with Gasteiger partial charge in [0.15, 0.2) is 0 Å². The van der Waals surface area contributed by atoms with E-state index in [0.717, 1.165) is 5.56 Å². The molecule has 1 saturated heterocycles. The van der Waals surface area contributed by atoms with E-state index in [4.69, 9.17) is 14.2 Å². The Balaban J connectivity index is 1.76. The van der Waals surface area contributed by atoms with Crippen molar-refractivity contribution in [3.8, 4) is 5.88 Å². The Hall–Kier alpha value is -3.04. The van der Waals surface area contributed by atoms with Crippen LogP contribution in [0.2, 0.25) is 0 Å². The number of nitrogens with one attached hydrogen (secondary N) is 1. The maximum Gasteiger partial charge on any atom is 0.269 e. The molecule has 0 radical (unpaired) electrons. The second-order valence-corrected chi connectivity index (χ2v) is 6.68. The second-order valence-electron chi connectivity index (χ2n) is 6.68. The van der Waals surface area contributed by atoms with Gasteiger partial charge in [-0.1, -0.05) is 12.1 Å². The van der Waals surface area contributed by atoms with Gasteiger partial charge in [0.25, 0.3) is 5.69 Å². The quantitative estimate of drug-likeness (QED) is 0.411. The SMILES string of the molecule is COCCOc1ccc(NC(=O)C2(c3ccc([N+](=O)[O-])cc3)CCOCC2)cn1. The van der Waals surface area contributed by atoms with Crippen molar-refractivity contribution >= 4 is 17.3 Å². The molecule has 1 aromatic heterocycles. The van der Waals surface area contributed by atoms with Gasteiger partial charge in [-0.25, -0.2) is 4.98 Å². The molecule has 2 heterocycles. The highest BCUT2D eigenvalue weighted by Crippen LogP contribution is 2.37. The molecular formula is C20H23N3O6. The Morgan fingerprint density at radius 3 is 2.52 bits per heavy atom. The molecule has 0 bridgehead atoms. The highest BCUT2D eigenvalue weighted by molar-refractivity contribution is 5.99. The standard InChI is InChI=1S/C20H23N3O6/c1-27-12-13-29-18-7-4-16(14-21-18)22-19(24)20(8-10-28-11-9-20)15-2-5-17(6-3-15)23(25)26/h2-7,14H,8-13H2,1H3,(H,22,24). The van der Waals surface area contributed by atoms with Gasteiger partial charge in [-0.3, -0.25) is 14.9 Å². The van der Waals surface area contributed by atoms with Crippen molar-refractivity contribution in [3.05, 3.63) is 58.3 Å². The van der Waals surface area contributed by atoms with Crippen LogP contribution in [0.5, 0.6) is 5.88 Å². The number of hydrogen-bond acceptors (Lipinski definition) is 7. The van der Waals surface area contributed by atoms with Crippen LogP contribution in [-0.4, -0.2) is 49.4 Å². The highest BCUT2D eigenvalue weighted by atomic mass is 16.6. The van der Waals surface area contributed by atoms with Gasteiger partial charge in [0.1, 0.15) is 6.61 Å². The number of aromatic nitrogens is 1. The summed E-state index contributed by atoms with van der Waals surface area (Å²) >= 11 is 0. The van der Waals surface area contributed by atoms with E-state index in [2.05, 4.69) is 10.3 Å². The van der Waals surface area contributed by atoms with Crippen molar-refractivity contribution in [2.75, 3.05) is 38.9 Å². The molecule has 1 aliphatic heterocycles. The Morgan fingerprint density at radius 1 is 1.21 bits per heavy atom. The highest BCUT2D eigenvalue weighted by Gasteiger charge is 2.42. The Labute approximate surface area is 168 Å². The number of nitro benzene ring substituents is 1. The fraction of sp³-hybridized carbons (Fsp3) is 0.400. The van der Waals surface area contributed by atoms with Crippen LogP contribution in [0.3, 0.4) is 0 Å². The van der Waals surface area contributed by atoms with E-state index in [0.29, 0.717) is 50.8 Å². The summed E-state index contributed by atoms with van der Waals surface area (Å²) in [5.74, 6) is 0.251. The lowest BCUT2D eigenvalue weighted by atomic mass is 9.73. The number of ether oxygens (including phenoxy) is 3. The largest absolute Gasteiger partial charge is 0.475 e. The molecule has 0 atom stereocenters. The molecule has 0 unspecified atom stereocenters. The van der Waals surface area contributed by atoms with Gasteiger partial charge < -0.3 is 19.5 Å². The first kappa shape index (κ1) is 20.7. The van der Waals surface area contributed by atoms with Crippen molar-refractivity contribution in [1.29, 1.82) is 0 Å². The zero-order valence-electron chi connectivity index (χ0n) is 16.1. The zero-order chi connectivity index (χ0) is 20.7. The first-order chi connectivity index (χ1) is 14.0. The first-order valence-electron chi connectivity index (χ1n) is 9.27. The van der Waals surface area contributed by atoms with Gasteiger partial charge in [0.2, 0.25) is 11.8 Å². The Kier molecular flexibility index (Phi) is 6.73. The Bertz CT molecular complexity index is 832. The van der Waals surface area contributed by atoms with E-state index in [1.54, 1.807) is 31.4 Å². The molecule has 154 valence electrons. The topological polar surface area (TPSA) is 113 Å². The van der Waals surface area contributed by atoms with E-state index >= 15 is 0 Å². The molecule has 1 amide bonds. The minimum atomic E-state index is -0.818. The summed E-state index contributed by atoms with van der Waals surface area (Å²) in [6.45, 7) is 1.72. The lowest BCUT2D eigenvalue weighted by molar-refractivity contribution is -0.384. The first-order valence-corrected chi connectivity index (χ1v) is 9.27. The summed E-state index contributed by atoms with van der Waals surface area (Å²) in [7, 11) is 1.59. The molecule has 29 heavy (non-hydrogen) atoms. The van der Waals surface area contributed by atoms with Gasteiger partial charge in [-0.15, -0.1) is 0 Å². The van der Waals surface area contributed by atoms with Gasteiger partial charge >= 0.3 is 0 Å². The molecule has 1 aromatic carbocycles. The molecule has 9 heteroatoms. The van der Waals surface area contributed by atoms with Crippen molar-refractivity contribution in [3.63, 3.8) is 0 Å². The van der Waals surface area contributed by atoms with Crippen LogP contribution < -0.4 is 10.1 Å². The molecule has 1 N–H and O–H groups in total. The average Bonchev–Trinajstić information content (AvgIpc) is 2.75. The lowest BCUT2D eigenvalue weighted by Crippen LogP contribution is -2.44. The summed E-state index contributed by atoms with van der Waals surface area (Å²) in [6, 6.07) is 9.53. The fourth-order valence-corrected chi connectivity index (χ4v) is 3.29. The molecule has 0 saturated carbocycles. The molecule has 9 nitrogen and oxygen atoms in total. The fourth-order valence-electron chi connectivity index (χ4n) is 3.29. The summed E-state index contributed by atoms with van der Waals surface area (Å²) in [5, 5.41) is 13.8. The normalized spacial score (nSPS) is 15.5. The maximum atomic E-state index is 13.2. The zero-order valence-corrected chi connectivity index (χ0v) is 16.1. The molecule has 2 aromatic rings. The number of nitrogens with zero attached hydrogens (tertiary/aromatic N) is 2. The van der Waals surface area contributed by atoms with E-state index < -0.39 is 10.3 Å². The number of carbonyl (C=O) groups excluding carboxylic acids is 1. The number of benzene rings is 1. The molecular weight excluding hydrogens is 378 g/mol. The number of non-ortho nitro benzene ring substituents is 1. The Morgan fingerprint density at radius 2 is 1.93 bits per heavy atom. The minimum absolute atomic E-state index is 0.00960. The predicted molar refractivity (Wildman–Crippen MR) is 105 cm³/mol. The summed E-state index contributed by atoms with van der Waals surface area (Å²) in [5.41, 5.74) is 0.448. The predicted octanol–water partition coefficient (Wildman–Crippen LogP) is 2.70. The maximum absolute atomic E-state index is 13.2. The van der Waals surface area contributed by atoms with Gasteiger partial charge in [0.05, 0.1) is 28.8 Å². The third-order valence-corrected chi connectivity index (χ3v) is 4.94. The smallest absolute Gasteiger partial charge is 0.269 e. The number of methoxy groups -OCH3 is 1. The van der Waals surface area contributed by atoms with Crippen LogP contribution in [0.1, 0.15) is 18.4 Å². The van der Waals surface area contributed by atoms with Crippen LogP contribution in [-0.2, 0) is 19.7 Å². The van der Waals surface area contributed by atoms with Crippen molar-refractivity contribution in [2.24, 2.45) is 0 Å². The van der Waals surface area contributed by atoms with Gasteiger partial charge in [-0.05, 0) is 24.5 Å².